The zero-order valence-electron chi connectivity index (χ0n) is 9.50. The second-order valence-electron chi connectivity index (χ2n) is 4.41. The first kappa shape index (κ1) is 11.0. The van der Waals surface area contributed by atoms with E-state index in [0.29, 0.717) is 5.92 Å². The van der Waals surface area contributed by atoms with Gasteiger partial charge in [-0.05, 0) is 38.4 Å². The van der Waals surface area contributed by atoms with Crippen LogP contribution in [0.25, 0.3) is 0 Å². The van der Waals surface area contributed by atoms with E-state index in [1.54, 1.807) is 6.20 Å². The molecule has 0 spiro atoms. The van der Waals surface area contributed by atoms with E-state index in [4.69, 9.17) is 0 Å². The van der Waals surface area contributed by atoms with Gasteiger partial charge in [-0.1, -0.05) is 0 Å². The Morgan fingerprint density at radius 3 is 3.12 bits per heavy atom. The van der Waals surface area contributed by atoms with Crippen LogP contribution >= 0.6 is 0 Å². The Hall–Kier alpha value is -1.47. The molecule has 0 aromatic carbocycles. The summed E-state index contributed by atoms with van der Waals surface area (Å²) >= 11 is 0. The Labute approximate surface area is 95.9 Å². The zero-order chi connectivity index (χ0) is 11.4. The molecule has 0 radical (unpaired) electrons. The number of nitriles is 1. The Morgan fingerprint density at radius 2 is 2.50 bits per heavy atom. The van der Waals surface area contributed by atoms with E-state index in [9.17, 15) is 5.26 Å². The van der Waals surface area contributed by atoms with Crippen molar-refractivity contribution in [1.29, 1.82) is 5.26 Å². The van der Waals surface area contributed by atoms with Gasteiger partial charge in [0, 0.05) is 12.7 Å². The third-order valence-electron chi connectivity index (χ3n) is 3.19. The molecule has 2 rings (SSSR count). The van der Waals surface area contributed by atoms with Crippen molar-refractivity contribution in [3.05, 3.63) is 24.3 Å². The van der Waals surface area contributed by atoms with Crippen LogP contribution in [0.1, 0.15) is 24.5 Å². The zero-order valence-corrected chi connectivity index (χ0v) is 9.50. The molecule has 4 heteroatoms. The van der Waals surface area contributed by atoms with Crippen LogP contribution in [0.4, 0.5) is 0 Å². The molecule has 16 heavy (non-hydrogen) atoms. The summed E-state index contributed by atoms with van der Waals surface area (Å²) in [5.74, 6) is 0.310. The summed E-state index contributed by atoms with van der Waals surface area (Å²) in [5, 5.41) is 9.29. The Balaban J connectivity index is 2.14. The van der Waals surface area contributed by atoms with Gasteiger partial charge >= 0.3 is 0 Å². The highest BCUT2D eigenvalue weighted by Gasteiger charge is 2.27. The highest BCUT2D eigenvalue weighted by molar-refractivity contribution is 5.16. The van der Waals surface area contributed by atoms with Crippen molar-refractivity contribution < 1.29 is 0 Å². The van der Waals surface area contributed by atoms with Gasteiger partial charge in [-0.2, -0.15) is 5.26 Å². The minimum atomic E-state index is -0.0919. The molecule has 0 N–H and O–H groups in total. The lowest BCUT2D eigenvalue weighted by molar-refractivity contribution is 0.199. The standard InChI is InChI=1S/C12H16N4/c1-16-6-2-3-10(8-16)11(7-13)12-4-5-14-9-15-12/h4-5,9-11H,2-3,6,8H2,1H3. The molecule has 1 fully saturated rings. The van der Waals surface area contributed by atoms with E-state index in [-0.39, 0.29) is 5.92 Å². The quantitative estimate of drug-likeness (QED) is 0.750. The first-order chi connectivity index (χ1) is 7.81. The average molecular weight is 216 g/mol. The smallest absolute Gasteiger partial charge is 0.115 e. The number of rotatable bonds is 2. The van der Waals surface area contributed by atoms with Crippen LogP contribution in [-0.2, 0) is 0 Å². The number of piperidine rings is 1. The highest BCUT2D eigenvalue weighted by atomic mass is 15.1. The van der Waals surface area contributed by atoms with E-state index < -0.39 is 0 Å². The van der Waals surface area contributed by atoms with Gasteiger partial charge in [-0.3, -0.25) is 0 Å². The van der Waals surface area contributed by atoms with Crippen molar-refractivity contribution in [1.82, 2.24) is 14.9 Å². The second-order valence-corrected chi connectivity index (χ2v) is 4.41. The molecule has 2 unspecified atom stereocenters. The van der Waals surface area contributed by atoms with E-state index in [0.717, 1.165) is 25.2 Å². The van der Waals surface area contributed by atoms with Crippen molar-refractivity contribution in [2.24, 2.45) is 5.92 Å². The average Bonchev–Trinajstić information content (AvgIpc) is 2.31. The second kappa shape index (κ2) is 5.04. The lowest BCUT2D eigenvalue weighted by Gasteiger charge is -2.31. The predicted octanol–water partition coefficient (Wildman–Crippen LogP) is 1.43. The summed E-state index contributed by atoms with van der Waals surface area (Å²) in [5.41, 5.74) is 0.859. The van der Waals surface area contributed by atoms with Crippen LogP contribution in [-0.4, -0.2) is 35.0 Å². The molecule has 0 bridgehead atoms. The van der Waals surface area contributed by atoms with Gasteiger partial charge in [0.15, 0.2) is 0 Å². The maximum atomic E-state index is 9.29. The molecule has 1 aromatic rings. The van der Waals surface area contributed by atoms with E-state index >= 15 is 0 Å². The first-order valence-corrected chi connectivity index (χ1v) is 5.65. The molecule has 0 saturated carbocycles. The van der Waals surface area contributed by atoms with Crippen LogP contribution in [0.2, 0.25) is 0 Å². The van der Waals surface area contributed by atoms with Gasteiger partial charge in [-0.15, -0.1) is 0 Å². The molecule has 1 aromatic heterocycles. The maximum absolute atomic E-state index is 9.29. The lowest BCUT2D eigenvalue weighted by atomic mass is 9.84. The van der Waals surface area contributed by atoms with Crippen LogP contribution in [0, 0.1) is 17.2 Å². The Bertz CT molecular complexity index is 370. The summed E-state index contributed by atoms with van der Waals surface area (Å²) in [7, 11) is 2.11. The fourth-order valence-electron chi connectivity index (χ4n) is 2.38. The van der Waals surface area contributed by atoms with Gasteiger partial charge in [0.1, 0.15) is 6.33 Å². The molecule has 2 atom stereocenters. The van der Waals surface area contributed by atoms with Gasteiger partial charge < -0.3 is 4.90 Å². The molecule has 0 aliphatic carbocycles. The summed E-state index contributed by atoms with van der Waals surface area (Å²) in [6, 6.07) is 4.24. The van der Waals surface area contributed by atoms with Crippen molar-refractivity contribution in [3.63, 3.8) is 0 Å². The fourth-order valence-corrected chi connectivity index (χ4v) is 2.38. The molecule has 1 aliphatic rings. The van der Waals surface area contributed by atoms with Gasteiger partial charge in [0.05, 0.1) is 17.7 Å². The Morgan fingerprint density at radius 1 is 1.62 bits per heavy atom. The molecule has 0 amide bonds. The van der Waals surface area contributed by atoms with Gasteiger partial charge in [-0.25, -0.2) is 9.97 Å². The van der Waals surface area contributed by atoms with Crippen molar-refractivity contribution in [3.8, 4) is 6.07 Å². The normalized spacial score (nSPS) is 23.6. The summed E-state index contributed by atoms with van der Waals surface area (Å²) < 4.78 is 0. The number of likely N-dealkylation sites (tertiary alicyclic amines) is 1. The Kier molecular flexibility index (Phi) is 3.47. The van der Waals surface area contributed by atoms with E-state index in [2.05, 4.69) is 28.0 Å². The fraction of sp³-hybridized carbons (Fsp3) is 0.583. The van der Waals surface area contributed by atoms with E-state index in [1.165, 1.54) is 12.7 Å². The summed E-state index contributed by atoms with van der Waals surface area (Å²) in [6.07, 6.45) is 5.52. The van der Waals surface area contributed by atoms with Crippen molar-refractivity contribution >= 4 is 0 Å². The van der Waals surface area contributed by atoms with Crippen LogP contribution in [0.5, 0.6) is 0 Å². The third kappa shape index (κ3) is 2.37. The first-order valence-electron chi connectivity index (χ1n) is 5.65. The van der Waals surface area contributed by atoms with Crippen LogP contribution in [0.15, 0.2) is 18.6 Å². The number of hydrogen-bond acceptors (Lipinski definition) is 4. The lowest BCUT2D eigenvalue weighted by Crippen LogP contribution is -2.34. The molecular formula is C12H16N4. The number of aromatic nitrogens is 2. The molecule has 84 valence electrons. The minimum absolute atomic E-state index is 0.0919. The topological polar surface area (TPSA) is 52.8 Å². The third-order valence-corrected chi connectivity index (χ3v) is 3.19. The minimum Gasteiger partial charge on any atom is -0.306 e. The van der Waals surface area contributed by atoms with E-state index in [1.807, 2.05) is 6.07 Å². The largest absolute Gasteiger partial charge is 0.306 e. The molecular weight excluding hydrogens is 200 g/mol. The predicted molar refractivity (Wildman–Crippen MR) is 60.6 cm³/mol. The summed E-state index contributed by atoms with van der Waals surface area (Å²) in [6.45, 7) is 2.13. The molecule has 1 aliphatic heterocycles. The molecule has 2 heterocycles. The maximum Gasteiger partial charge on any atom is 0.115 e. The van der Waals surface area contributed by atoms with Crippen molar-refractivity contribution in [2.45, 2.75) is 18.8 Å². The van der Waals surface area contributed by atoms with Crippen molar-refractivity contribution in [2.75, 3.05) is 20.1 Å². The highest BCUT2D eigenvalue weighted by Crippen LogP contribution is 2.29. The van der Waals surface area contributed by atoms with Gasteiger partial charge in [0.25, 0.3) is 0 Å². The summed E-state index contributed by atoms with van der Waals surface area (Å²) in [4.78, 5) is 10.4. The number of hydrogen-bond donors (Lipinski definition) is 0. The SMILES string of the molecule is CN1CCCC(C(C#N)c2ccncn2)C1. The molecule has 4 nitrogen and oxygen atoms in total. The van der Waals surface area contributed by atoms with Crippen LogP contribution < -0.4 is 0 Å². The number of nitrogens with zero attached hydrogens (tertiary/aromatic N) is 4. The molecule has 1 saturated heterocycles. The van der Waals surface area contributed by atoms with Crippen LogP contribution in [0.3, 0.4) is 0 Å². The van der Waals surface area contributed by atoms with Gasteiger partial charge in [0.2, 0.25) is 0 Å². The monoisotopic (exact) mass is 216 g/mol.